The second-order valence-electron chi connectivity index (χ2n) is 6.14. The predicted octanol–water partition coefficient (Wildman–Crippen LogP) is 3.80. The molecule has 5 heteroatoms. The summed E-state index contributed by atoms with van der Waals surface area (Å²) in [5.41, 5.74) is 3.49. The summed E-state index contributed by atoms with van der Waals surface area (Å²) in [5.74, 6) is -0.554. The van der Waals surface area contributed by atoms with E-state index in [9.17, 15) is 14.0 Å². The van der Waals surface area contributed by atoms with Gasteiger partial charge in [0.2, 0.25) is 5.78 Å². The number of hydrogen-bond acceptors (Lipinski definition) is 3. The second kappa shape index (κ2) is 6.18. The largest absolute Gasteiger partial charge is 0.298 e. The zero-order valence-corrected chi connectivity index (χ0v) is 14.3. The Balaban J connectivity index is 2.24. The Labute approximate surface area is 145 Å². The Morgan fingerprint density at radius 2 is 1.84 bits per heavy atom. The molecule has 0 amide bonds. The maximum Gasteiger partial charge on any atom is 0.248 e. The third kappa shape index (κ3) is 2.53. The summed E-state index contributed by atoms with van der Waals surface area (Å²) >= 11 is 0. The predicted molar refractivity (Wildman–Crippen MR) is 94.1 cm³/mol. The van der Waals surface area contributed by atoms with Crippen LogP contribution >= 0.6 is 0 Å². The van der Waals surface area contributed by atoms with Gasteiger partial charge in [0.25, 0.3) is 0 Å². The number of ketones is 1. The van der Waals surface area contributed by atoms with Gasteiger partial charge in [-0.1, -0.05) is 0 Å². The SMILES string of the molecule is CC1=C(C(=O)c2cccnc2)[N+](C)(c2ccc(F)cc2)C(C)=C1C=O. The average molecular weight is 337 g/mol. The quantitative estimate of drug-likeness (QED) is 0.484. The van der Waals surface area contributed by atoms with Gasteiger partial charge < -0.3 is 0 Å². The van der Waals surface area contributed by atoms with Gasteiger partial charge in [-0.3, -0.25) is 14.6 Å². The second-order valence-corrected chi connectivity index (χ2v) is 6.14. The fraction of sp³-hybridized carbons (Fsp3) is 0.150. The third-order valence-corrected chi connectivity index (χ3v) is 4.87. The highest BCUT2D eigenvalue weighted by Gasteiger charge is 2.46. The Hall–Kier alpha value is -2.92. The molecular weight excluding hydrogens is 319 g/mol. The molecule has 3 rings (SSSR count). The first-order chi connectivity index (χ1) is 11.9. The lowest BCUT2D eigenvalue weighted by Crippen LogP contribution is -2.43. The minimum absolute atomic E-state index is 0.0356. The lowest BCUT2D eigenvalue weighted by molar-refractivity contribution is -0.104. The minimum Gasteiger partial charge on any atom is -0.298 e. The lowest BCUT2D eigenvalue weighted by atomic mass is 10.0. The van der Waals surface area contributed by atoms with E-state index in [2.05, 4.69) is 4.98 Å². The van der Waals surface area contributed by atoms with Crippen LogP contribution in [0.25, 0.3) is 0 Å². The van der Waals surface area contributed by atoms with E-state index >= 15 is 0 Å². The van der Waals surface area contributed by atoms with Crippen LogP contribution in [0.1, 0.15) is 24.2 Å². The van der Waals surface area contributed by atoms with Crippen molar-refractivity contribution in [1.82, 2.24) is 9.47 Å². The fourth-order valence-electron chi connectivity index (χ4n) is 3.39. The summed E-state index contributed by atoms with van der Waals surface area (Å²) in [7, 11) is 1.84. The molecule has 0 N–H and O–H groups in total. The molecule has 0 spiro atoms. The molecule has 0 saturated heterocycles. The van der Waals surface area contributed by atoms with Gasteiger partial charge >= 0.3 is 0 Å². The number of hydrogen-bond donors (Lipinski definition) is 0. The molecule has 0 radical (unpaired) electrons. The number of Topliss-reactive ketones (excluding diaryl/α,β-unsaturated/α-hetero) is 1. The van der Waals surface area contributed by atoms with Gasteiger partial charge in [0.1, 0.15) is 17.2 Å². The summed E-state index contributed by atoms with van der Waals surface area (Å²) in [6.45, 7) is 3.59. The summed E-state index contributed by atoms with van der Waals surface area (Å²) in [5, 5.41) is 0. The molecule has 25 heavy (non-hydrogen) atoms. The summed E-state index contributed by atoms with van der Waals surface area (Å²) in [6.07, 6.45) is 3.88. The van der Waals surface area contributed by atoms with Crippen molar-refractivity contribution in [3.8, 4) is 0 Å². The number of aromatic nitrogens is 1. The van der Waals surface area contributed by atoms with Crippen LogP contribution in [0.2, 0.25) is 0 Å². The van der Waals surface area contributed by atoms with Gasteiger partial charge in [-0.25, -0.2) is 8.87 Å². The molecule has 4 nitrogen and oxygen atoms in total. The molecule has 2 aromatic rings. The number of benzene rings is 1. The molecule has 1 aromatic carbocycles. The van der Waals surface area contributed by atoms with Crippen molar-refractivity contribution in [2.75, 3.05) is 7.05 Å². The van der Waals surface area contributed by atoms with E-state index in [0.29, 0.717) is 28.1 Å². The standard InChI is InChI=1S/C20H18FN2O2/c1-13-18(12-24)14(2)23(3,17-8-6-16(21)7-9-17)19(13)20(25)15-5-4-10-22-11-15/h4-12H,1-3H3/q+1. The maximum absolute atomic E-state index is 13.4. The normalized spacial score (nSPS) is 20.2. The van der Waals surface area contributed by atoms with Crippen LogP contribution in [-0.4, -0.2) is 24.1 Å². The zero-order valence-electron chi connectivity index (χ0n) is 14.3. The maximum atomic E-state index is 13.4. The topological polar surface area (TPSA) is 47.0 Å². The van der Waals surface area contributed by atoms with E-state index in [1.165, 1.54) is 18.3 Å². The van der Waals surface area contributed by atoms with Crippen LogP contribution in [0.4, 0.5) is 10.1 Å². The Morgan fingerprint density at radius 3 is 2.40 bits per heavy atom. The Kier molecular flexibility index (Phi) is 4.18. The molecule has 1 aliphatic heterocycles. The highest BCUT2D eigenvalue weighted by atomic mass is 19.1. The number of pyridine rings is 1. The number of carbonyl (C=O) groups is 2. The molecule has 1 atom stereocenters. The number of nitrogens with zero attached hydrogens (tertiary/aromatic N) is 2. The highest BCUT2D eigenvalue weighted by Crippen LogP contribution is 2.43. The zero-order chi connectivity index (χ0) is 18.2. The smallest absolute Gasteiger partial charge is 0.248 e. The average Bonchev–Trinajstić information content (AvgIpc) is 2.82. The molecule has 1 aliphatic rings. The van der Waals surface area contributed by atoms with Crippen LogP contribution in [0.5, 0.6) is 0 Å². The monoisotopic (exact) mass is 337 g/mol. The van der Waals surface area contributed by atoms with Crippen molar-refractivity contribution in [2.45, 2.75) is 13.8 Å². The Morgan fingerprint density at radius 1 is 1.16 bits per heavy atom. The molecule has 1 aromatic heterocycles. The highest BCUT2D eigenvalue weighted by molar-refractivity contribution is 6.13. The van der Waals surface area contributed by atoms with Gasteiger partial charge in [-0.05, 0) is 31.2 Å². The number of allylic oxidation sites excluding steroid dienone is 4. The molecule has 1 unspecified atom stereocenters. The van der Waals surface area contributed by atoms with Gasteiger partial charge in [0.05, 0.1) is 12.6 Å². The molecule has 0 saturated carbocycles. The number of aldehydes is 1. The van der Waals surface area contributed by atoms with Crippen molar-refractivity contribution in [3.63, 3.8) is 0 Å². The van der Waals surface area contributed by atoms with Crippen molar-refractivity contribution in [2.24, 2.45) is 0 Å². The van der Waals surface area contributed by atoms with Gasteiger partial charge in [-0.2, -0.15) is 0 Å². The van der Waals surface area contributed by atoms with Crippen LogP contribution in [0.3, 0.4) is 0 Å². The van der Waals surface area contributed by atoms with Crippen LogP contribution in [0, 0.1) is 5.82 Å². The minimum atomic E-state index is -0.354. The van der Waals surface area contributed by atoms with E-state index < -0.39 is 0 Å². The van der Waals surface area contributed by atoms with Crippen molar-refractivity contribution in [1.29, 1.82) is 0 Å². The lowest BCUT2D eigenvalue weighted by Gasteiger charge is -2.32. The van der Waals surface area contributed by atoms with Crippen molar-refractivity contribution in [3.05, 3.63) is 82.7 Å². The molecule has 2 heterocycles. The van der Waals surface area contributed by atoms with E-state index in [1.807, 2.05) is 14.0 Å². The molecule has 0 bridgehead atoms. The Bertz CT molecular complexity index is 914. The van der Waals surface area contributed by atoms with Gasteiger partial charge in [-0.15, -0.1) is 0 Å². The molecular formula is C20H18FN2O2+. The van der Waals surface area contributed by atoms with Crippen LogP contribution in [0.15, 0.2) is 71.3 Å². The number of quaternary nitrogens is 1. The number of likely N-dealkylation sites (N-methyl/N-ethyl adjacent to an activating group) is 1. The third-order valence-electron chi connectivity index (χ3n) is 4.87. The van der Waals surface area contributed by atoms with Crippen molar-refractivity contribution < 1.29 is 14.0 Å². The molecule has 126 valence electrons. The van der Waals surface area contributed by atoms with Gasteiger partial charge in [0, 0.05) is 42.6 Å². The fourth-order valence-corrected chi connectivity index (χ4v) is 3.39. The first kappa shape index (κ1) is 16.9. The number of carbonyl (C=O) groups excluding carboxylic acids is 2. The van der Waals surface area contributed by atoms with E-state index in [4.69, 9.17) is 0 Å². The van der Waals surface area contributed by atoms with Gasteiger partial charge in [0.15, 0.2) is 12.0 Å². The summed E-state index contributed by atoms with van der Waals surface area (Å²) < 4.78 is 13.4. The first-order valence-electron chi connectivity index (χ1n) is 7.87. The summed E-state index contributed by atoms with van der Waals surface area (Å²) in [6, 6.07) is 9.37. The molecule has 0 aliphatic carbocycles. The van der Waals surface area contributed by atoms with Crippen LogP contribution < -0.4 is 4.48 Å². The van der Waals surface area contributed by atoms with Crippen LogP contribution in [-0.2, 0) is 4.79 Å². The first-order valence-corrected chi connectivity index (χ1v) is 7.87. The van der Waals surface area contributed by atoms with E-state index in [1.54, 1.807) is 37.4 Å². The number of rotatable bonds is 4. The summed E-state index contributed by atoms with van der Waals surface area (Å²) in [4.78, 5) is 28.8. The van der Waals surface area contributed by atoms with Crippen molar-refractivity contribution >= 4 is 17.8 Å². The van der Waals surface area contributed by atoms with E-state index in [0.717, 1.165) is 12.0 Å². The number of halogens is 1. The molecule has 0 fully saturated rings. The van der Waals surface area contributed by atoms with E-state index in [-0.39, 0.29) is 16.1 Å².